The van der Waals surface area contributed by atoms with Crippen LogP contribution in [0, 0.1) is 19.7 Å². The van der Waals surface area contributed by atoms with Crippen molar-refractivity contribution in [1.82, 2.24) is 0 Å². The summed E-state index contributed by atoms with van der Waals surface area (Å²) in [6, 6.07) is 7.58. The van der Waals surface area contributed by atoms with Gasteiger partial charge in [0.2, 0.25) is 0 Å². The summed E-state index contributed by atoms with van der Waals surface area (Å²) in [5, 5.41) is 0.336. The molecule has 0 amide bonds. The summed E-state index contributed by atoms with van der Waals surface area (Å²) in [7, 11) is 0. The van der Waals surface area contributed by atoms with Crippen molar-refractivity contribution in [3.63, 3.8) is 0 Å². The summed E-state index contributed by atoms with van der Waals surface area (Å²) < 4.78 is 13.3. The van der Waals surface area contributed by atoms with E-state index in [1.54, 1.807) is 32.0 Å². The van der Waals surface area contributed by atoms with Crippen LogP contribution in [0.15, 0.2) is 30.3 Å². The van der Waals surface area contributed by atoms with Gasteiger partial charge < -0.3 is 5.73 Å². The molecule has 0 fully saturated rings. The molecule has 2 aromatic rings. The molecule has 0 bridgehead atoms. The van der Waals surface area contributed by atoms with Gasteiger partial charge in [0, 0.05) is 11.1 Å². The summed E-state index contributed by atoms with van der Waals surface area (Å²) in [5.74, 6) is -0.597. The van der Waals surface area contributed by atoms with Crippen LogP contribution in [-0.2, 0) is 0 Å². The lowest BCUT2D eigenvalue weighted by Gasteiger charge is -2.11. The first-order chi connectivity index (χ1) is 8.91. The van der Waals surface area contributed by atoms with Crippen LogP contribution in [0.4, 0.5) is 10.1 Å². The molecular formula is C15H13ClFNO. The minimum absolute atomic E-state index is 0.241. The molecule has 0 aliphatic heterocycles. The number of nitrogens with two attached hydrogens (primary N) is 1. The van der Waals surface area contributed by atoms with Gasteiger partial charge in [-0.15, -0.1) is 0 Å². The van der Waals surface area contributed by atoms with Gasteiger partial charge >= 0.3 is 0 Å². The van der Waals surface area contributed by atoms with Gasteiger partial charge in [-0.3, -0.25) is 4.79 Å². The third-order valence-corrected chi connectivity index (χ3v) is 3.35. The maximum Gasteiger partial charge on any atom is 0.195 e. The Bertz CT molecular complexity index is 644. The minimum Gasteiger partial charge on any atom is -0.397 e. The topological polar surface area (TPSA) is 43.1 Å². The van der Waals surface area contributed by atoms with Gasteiger partial charge in [0.15, 0.2) is 5.78 Å². The molecule has 0 aromatic heterocycles. The molecule has 0 aliphatic carbocycles. The van der Waals surface area contributed by atoms with E-state index in [-0.39, 0.29) is 17.3 Å². The monoisotopic (exact) mass is 277 g/mol. The summed E-state index contributed by atoms with van der Waals surface area (Å²) in [6.07, 6.45) is 0. The van der Waals surface area contributed by atoms with Crippen LogP contribution < -0.4 is 5.73 Å². The van der Waals surface area contributed by atoms with Gasteiger partial charge in [0.05, 0.1) is 10.7 Å². The average Bonchev–Trinajstić information content (AvgIpc) is 2.31. The lowest BCUT2D eigenvalue weighted by molar-refractivity contribution is 0.103. The van der Waals surface area contributed by atoms with E-state index in [1.165, 1.54) is 12.1 Å². The van der Waals surface area contributed by atoms with Crippen LogP contribution in [0.3, 0.4) is 0 Å². The quantitative estimate of drug-likeness (QED) is 0.668. The molecule has 0 aliphatic rings. The van der Waals surface area contributed by atoms with Gasteiger partial charge in [-0.05, 0) is 49.2 Å². The second-order valence-electron chi connectivity index (χ2n) is 4.44. The van der Waals surface area contributed by atoms with E-state index in [1.807, 2.05) is 0 Å². The maximum absolute atomic E-state index is 13.3. The molecule has 0 spiro atoms. The Labute approximate surface area is 116 Å². The number of carbonyl (C=O) groups excluding carboxylic acids is 1. The molecule has 0 atom stereocenters. The molecule has 0 saturated carbocycles. The molecule has 19 heavy (non-hydrogen) atoms. The smallest absolute Gasteiger partial charge is 0.195 e. The average molecular weight is 278 g/mol. The number of nitrogen functional groups attached to an aromatic ring is 1. The summed E-state index contributed by atoms with van der Waals surface area (Å²) in [6.45, 7) is 3.40. The van der Waals surface area contributed by atoms with E-state index in [2.05, 4.69) is 0 Å². The van der Waals surface area contributed by atoms with Crippen LogP contribution in [-0.4, -0.2) is 5.78 Å². The molecule has 0 heterocycles. The number of carbonyl (C=O) groups is 1. The Hall–Kier alpha value is -1.87. The maximum atomic E-state index is 13.3. The molecule has 0 radical (unpaired) electrons. The summed E-state index contributed by atoms with van der Waals surface area (Å²) >= 11 is 5.91. The van der Waals surface area contributed by atoms with E-state index < -0.39 is 0 Å². The molecular weight excluding hydrogens is 265 g/mol. The first kappa shape index (κ1) is 13.6. The van der Waals surface area contributed by atoms with Crippen molar-refractivity contribution in [1.29, 1.82) is 0 Å². The minimum atomic E-state index is -0.356. The zero-order chi connectivity index (χ0) is 14.2. The van der Waals surface area contributed by atoms with Crippen LogP contribution in [0.1, 0.15) is 27.0 Å². The highest BCUT2D eigenvalue weighted by molar-refractivity contribution is 6.34. The zero-order valence-electron chi connectivity index (χ0n) is 10.6. The highest BCUT2D eigenvalue weighted by Gasteiger charge is 2.18. The fourth-order valence-electron chi connectivity index (χ4n) is 2.14. The van der Waals surface area contributed by atoms with Gasteiger partial charge in [-0.2, -0.15) is 0 Å². The SMILES string of the molecule is Cc1cc(F)cc(C)c1C(=O)c1cccc(Cl)c1N. The fourth-order valence-corrected chi connectivity index (χ4v) is 2.31. The van der Waals surface area contributed by atoms with Crippen molar-refractivity contribution < 1.29 is 9.18 Å². The second kappa shape index (κ2) is 5.02. The van der Waals surface area contributed by atoms with Crippen molar-refractivity contribution in [2.75, 3.05) is 5.73 Å². The van der Waals surface area contributed by atoms with Gasteiger partial charge in [0.25, 0.3) is 0 Å². The lowest BCUT2D eigenvalue weighted by atomic mass is 9.94. The van der Waals surface area contributed by atoms with E-state index in [9.17, 15) is 9.18 Å². The zero-order valence-corrected chi connectivity index (χ0v) is 11.4. The first-order valence-electron chi connectivity index (χ1n) is 5.77. The first-order valence-corrected chi connectivity index (χ1v) is 6.15. The highest BCUT2D eigenvalue weighted by Crippen LogP contribution is 2.27. The number of aryl methyl sites for hydroxylation is 2. The van der Waals surface area contributed by atoms with Crippen LogP contribution in [0.25, 0.3) is 0 Å². The largest absolute Gasteiger partial charge is 0.397 e. The standard InChI is InChI=1S/C15H13ClFNO/c1-8-6-10(17)7-9(2)13(8)15(19)11-4-3-5-12(16)14(11)18/h3-7H,18H2,1-2H3. The fraction of sp³-hybridized carbons (Fsp3) is 0.133. The Balaban J connectivity index is 2.60. The number of hydrogen-bond donors (Lipinski definition) is 1. The van der Waals surface area contributed by atoms with Crippen molar-refractivity contribution in [3.8, 4) is 0 Å². The molecule has 2 aromatic carbocycles. The molecule has 2 N–H and O–H groups in total. The van der Waals surface area contributed by atoms with E-state index in [0.29, 0.717) is 27.3 Å². The Morgan fingerprint density at radius 2 is 1.79 bits per heavy atom. The van der Waals surface area contributed by atoms with Crippen LogP contribution in [0.5, 0.6) is 0 Å². The number of anilines is 1. The summed E-state index contributed by atoms with van der Waals surface area (Å²) in [5.41, 5.74) is 8.05. The molecule has 2 rings (SSSR count). The van der Waals surface area contributed by atoms with E-state index in [4.69, 9.17) is 17.3 Å². The van der Waals surface area contributed by atoms with Crippen molar-refractivity contribution in [3.05, 3.63) is 63.4 Å². The number of halogens is 2. The predicted molar refractivity (Wildman–Crippen MR) is 75.2 cm³/mol. The molecule has 0 unspecified atom stereocenters. The Morgan fingerprint density at radius 3 is 2.37 bits per heavy atom. The van der Waals surface area contributed by atoms with Crippen LogP contribution in [0.2, 0.25) is 5.02 Å². The van der Waals surface area contributed by atoms with Crippen molar-refractivity contribution >= 4 is 23.1 Å². The molecule has 98 valence electrons. The number of rotatable bonds is 2. The number of para-hydroxylation sites is 1. The van der Waals surface area contributed by atoms with E-state index in [0.717, 1.165) is 0 Å². The van der Waals surface area contributed by atoms with E-state index >= 15 is 0 Å². The van der Waals surface area contributed by atoms with Gasteiger partial charge in [-0.1, -0.05) is 17.7 Å². The normalized spacial score (nSPS) is 10.5. The van der Waals surface area contributed by atoms with Gasteiger partial charge in [0.1, 0.15) is 5.82 Å². The van der Waals surface area contributed by atoms with Gasteiger partial charge in [-0.25, -0.2) is 4.39 Å². The molecule has 4 heteroatoms. The predicted octanol–water partition coefficient (Wildman–Crippen LogP) is 3.91. The third kappa shape index (κ3) is 2.47. The Kier molecular flexibility index (Phi) is 3.58. The van der Waals surface area contributed by atoms with Crippen molar-refractivity contribution in [2.24, 2.45) is 0 Å². The van der Waals surface area contributed by atoms with Crippen molar-refractivity contribution in [2.45, 2.75) is 13.8 Å². The third-order valence-electron chi connectivity index (χ3n) is 3.02. The number of ketones is 1. The number of hydrogen-bond acceptors (Lipinski definition) is 2. The Morgan fingerprint density at radius 1 is 1.21 bits per heavy atom. The van der Waals surface area contributed by atoms with Crippen LogP contribution >= 0.6 is 11.6 Å². The number of benzene rings is 2. The molecule has 0 saturated heterocycles. The molecule has 2 nitrogen and oxygen atoms in total. The highest BCUT2D eigenvalue weighted by atomic mass is 35.5. The summed E-state index contributed by atoms with van der Waals surface area (Å²) in [4.78, 5) is 12.5. The second-order valence-corrected chi connectivity index (χ2v) is 4.85. The lowest BCUT2D eigenvalue weighted by Crippen LogP contribution is -2.09.